The third-order valence-corrected chi connectivity index (χ3v) is 2.93. The molecule has 1 aromatic heterocycles. The van der Waals surface area contributed by atoms with E-state index in [1.807, 2.05) is 6.07 Å². The number of carbonyl (C=O) groups excluding carboxylic acids is 1. The van der Waals surface area contributed by atoms with Crippen LogP contribution in [0.15, 0.2) is 23.3 Å². The van der Waals surface area contributed by atoms with Gasteiger partial charge in [-0.3, -0.25) is 9.79 Å². The van der Waals surface area contributed by atoms with Crippen LogP contribution in [-0.4, -0.2) is 30.7 Å². The van der Waals surface area contributed by atoms with Gasteiger partial charge >= 0.3 is 0 Å². The molecule has 0 saturated carbocycles. The maximum Gasteiger partial charge on any atom is 0.216 e. The summed E-state index contributed by atoms with van der Waals surface area (Å²) in [5.41, 5.74) is 2.08. The number of fused-ring (bicyclic) bond motifs is 1. The zero-order valence-electron chi connectivity index (χ0n) is 11.0. The summed E-state index contributed by atoms with van der Waals surface area (Å²) in [5, 5.41) is 3.28. The van der Waals surface area contributed by atoms with E-state index >= 15 is 0 Å². The van der Waals surface area contributed by atoms with E-state index in [0.717, 1.165) is 11.1 Å². The smallest absolute Gasteiger partial charge is 0.216 e. The third kappa shape index (κ3) is 2.81. The molecule has 0 bridgehead atoms. The van der Waals surface area contributed by atoms with Gasteiger partial charge in [-0.1, -0.05) is 0 Å². The van der Waals surface area contributed by atoms with Gasteiger partial charge in [-0.2, -0.15) is 0 Å². The summed E-state index contributed by atoms with van der Waals surface area (Å²) >= 11 is 0. The number of halogens is 1. The molecule has 100 valence electrons. The minimum absolute atomic E-state index is 0.0841. The van der Waals surface area contributed by atoms with E-state index in [9.17, 15) is 9.18 Å². The van der Waals surface area contributed by atoms with Gasteiger partial charge in [0.15, 0.2) is 0 Å². The van der Waals surface area contributed by atoms with Crippen LogP contribution in [-0.2, 0) is 11.2 Å². The van der Waals surface area contributed by atoms with Crippen molar-refractivity contribution in [2.75, 3.05) is 13.6 Å². The van der Waals surface area contributed by atoms with Gasteiger partial charge in [-0.15, -0.1) is 0 Å². The minimum Gasteiger partial charge on any atom is -0.361 e. The van der Waals surface area contributed by atoms with E-state index in [2.05, 4.69) is 15.3 Å². The highest BCUT2D eigenvalue weighted by molar-refractivity contribution is 5.91. The first-order chi connectivity index (χ1) is 9.13. The standard InChI is InChI=1S/C14H16FN3O/c1-9(19)17-6-5-10-8-18-12-4-3-11(7-16-2)14(15)13(10)12/h3-4,7-8,18H,5-6H2,1-2H3,(H,17,19)/b16-7+. The van der Waals surface area contributed by atoms with Crippen LogP contribution in [0.1, 0.15) is 18.1 Å². The van der Waals surface area contributed by atoms with Crippen molar-refractivity contribution in [1.29, 1.82) is 0 Å². The molecular formula is C14H16FN3O. The van der Waals surface area contributed by atoms with Crippen molar-refractivity contribution >= 4 is 23.0 Å². The number of carbonyl (C=O) groups is 1. The average molecular weight is 261 g/mol. The molecule has 0 spiro atoms. The van der Waals surface area contributed by atoms with E-state index < -0.39 is 0 Å². The lowest BCUT2D eigenvalue weighted by Crippen LogP contribution is -2.22. The molecule has 0 unspecified atom stereocenters. The van der Waals surface area contributed by atoms with Crippen molar-refractivity contribution in [3.8, 4) is 0 Å². The van der Waals surface area contributed by atoms with Crippen LogP contribution in [0.25, 0.3) is 10.9 Å². The molecule has 0 aliphatic carbocycles. The van der Waals surface area contributed by atoms with Crippen LogP contribution >= 0.6 is 0 Å². The number of H-pyrrole nitrogens is 1. The Morgan fingerprint density at radius 3 is 3.00 bits per heavy atom. The van der Waals surface area contributed by atoms with Crippen LogP contribution in [0.3, 0.4) is 0 Å². The van der Waals surface area contributed by atoms with Crippen molar-refractivity contribution < 1.29 is 9.18 Å². The Hall–Kier alpha value is -2.17. The Bertz CT molecular complexity index is 631. The Morgan fingerprint density at radius 1 is 1.53 bits per heavy atom. The summed E-state index contributed by atoms with van der Waals surface area (Å²) in [7, 11) is 1.61. The SMILES string of the molecule is C/N=C/c1ccc2[nH]cc(CCNC(C)=O)c2c1F. The monoisotopic (exact) mass is 261 g/mol. The maximum absolute atomic E-state index is 14.3. The molecule has 1 heterocycles. The van der Waals surface area contributed by atoms with Crippen molar-refractivity contribution in [3.63, 3.8) is 0 Å². The molecule has 19 heavy (non-hydrogen) atoms. The van der Waals surface area contributed by atoms with Gasteiger partial charge in [0, 0.05) is 49.4 Å². The molecule has 4 nitrogen and oxygen atoms in total. The normalized spacial score (nSPS) is 11.3. The Morgan fingerprint density at radius 2 is 2.32 bits per heavy atom. The Balaban J connectivity index is 2.34. The minimum atomic E-state index is -0.276. The molecule has 2 rings (SSSR count). The van der Waals surface area contributed by atoms with E-state index in [0.29, 0.717) is 23.9 Å². The van der Waals surface area contributed by atoms with Crippen molar-refractivity contribution in [3.05, 3.63) is 35.3 Å². The number of hydrogen-bond acceptors (Lipinski definition) is 2. The second kappa shape index (κ2) is 5.65. The highest BCUT2D eigenvalue weighted by atomic mass is 19.1. The second-order valence-electron chi connectivity index (χ2n) is 4.33. The topological polar surface area (TPSA) is 57.2 Å². The van der Waals surface area contributed by atoms with E-state index in [4.69, 9.17) is 0 Å². The molecule has 1 aromatic carbocycles. The summed E-state index contributed by atoms with van der Waals surface area (Å²) in [6.45, 7) is 1.96. The van der Waals surface area contributed by atoms with E-state index in [-0.39, 0.29) is 11.7 Å². The first kappa shape index (κ1) is 13.3. The molecule has 0 aliphatic heterocycles. The van der Waals surface area contributed by atoms with Crippen LogP contribution in [0.5, 0.6) is 0 Å². The van der Waals surface area contributed by atoms with Crippen LogP contribution in [0.2, 0.25) is 0 Å². The van der Waals surface area contributed by atoms with Gasteiger partial charge in [0.25, 0.3) is 0 Å². The van der Waals surface area contributed by atoms with Gasteiger partial charge in [0.05, 0.1) is 0 Å². The van der Waals surface area contributed by atoms with E-state index in [1.165, 1.54) is 13.1 Å². The summed E-state index contributed by atoms with van der Waals surface area (Å²) in [6, 6.07) is 3.52. The molecule has 2 N–H and O–H groups in total. The second-order valence-corrected chi connectivity index (χ2v) is 4.33. The predicted octanol–water partition coefficient (Wildman–Crippen LogP) is 2.03. The molecule has 1 amide bonds. The number of aromatic amines is 1. The number of hydrogen-bond donors (Lipinski definition) is 2. The molecule has 0 saturated heterocycles. The third-order valence-electron chi connectivity index (χ3n) is 2.93. The summed E-state index contributed by atoms with van der Waals surface area (Å²) in [4.78, 5) is 17.7. The predicted molar refractivity (Wildman–Crippen MR) is 74.2 cm³/mol. The molecule has 0 aliphatic rings. The van der Waals surface area contributed by atoms with Crippen LogP contribution in [0.4, 0.5) is 4.39 Å². The number of nitrogens with zero attached hydrogens (tertiary/aromatic N) is 1. The van der Waals surface area contributed by atoms with Gasteiger partial charge in [0.2, 0.25) is 5.91 Å². The zero-order chi connectivity index (χ0) is 13.8. The lowest BCUT2D eigenvalue weighted by molar-refractivity contribution is -0.118. The number of aromatic nitrogens is 1. The number of rotatable bonds is 4. The molecule has 0 fully saturated rings. The first-order valence-corrected chi connectivity index (χ1v) is 6.08. The number of amides is 1. The van der Waals surface area contributed by atoms with Gasteiger partial charge in [0.1, 0.15) is 5.82 Å². The Labute approximate surface area is 110 Å². The van der Waals surface area contributed by atoms with Crippen molar-refractivity contribution in [2.45, 2.75) is 13.3 Å². The maximum atomic E-state index is 14.3. The largest absolute Gasteiger partial charge is 0.361 e. The van der Waals surface area contributed by atoms with Gasteiger partial charge in [-0.25, -0.2) is 4.39 Å². The highest BCUT2D eigenvalue weighted by Crippen LogP contribution is 2.24. The molecule has 0 radical (unpaired) electrons. The molecule has 5 heteroatoms. The molecule has 0 atom stereocenters. The van der Waals surface area contributed by atoms with E-state index in [1.54, 1.807) is 19.3 Å². The fraction of sp³-hybridized carbons (Fsp3) is 0.286. The summed E-state index contributed by atoms with van der Waals surface area (Å²) < 4.78 is 14.3. The van der Waals surface area contributed by atoms with Crippen molar-refractivity contribution in [2.24, 2.45) is 4.99 Å². The highest BCUT2D eigenvalue weighted by Gasteiger charge is 2.11. The summed E-state index contributed by atoms with van der Waals surface area (Å²) in [6.07, 6.45) is 3.87. The number of aliphatic imine (C=N–C) groups is 1. The lowest BCUT2D eigenvalue weighted by Gasteiger charge is -2.03. The van der Waals surface area contributed by atoms with Gasteiger partial charge in [-0.05, 0) is 24.1 Å². The fourth-order valence-electron chi connectivity index (χ4n) is 2.07. The first-order valence-electron chi connectivity index (χ1n) is 6.08. The fourth-order valence-corrected chi connectivity index (χ4v) is 2.07. The zero-order valence-corrected chi connectivity index (χ0v) is 11.0. The number of nitrogens with one attached hydrogen (secondary N) is 2. The Kier molecular flexibility index (Phi) is 3.94. The average Bonchev–Trinajstić information content (AvgIpc) is 2.77. The van der Waals surface area contributed by atoms with Gasteiger partial charge < -0.3 is 10.3 Å². The summed E-state index contributed by atoms with van der Waals surface area (Å²) in [5.74, 6) is -0.360. The molecule has 2 aromatic rings. The quantitative estimate of drug-likeness (QED) is 0.813. The van der Waals surface area contributed by atoms with Crippen molar-refractivity contribution in [1.82, 2.24) is 10.3 Å². The van der Waals surface area contributed by atoms with Crippen LogP contribution < -0.4 is 5.32 Å². The van der Waals surface area contributed by atoms with Crippen LogP contribution in [0, 0.1) is 5.82 Å². The lowest BCUT2D eigenvalue weighted by atomic mass is 10.1. The molecular weight excluding hydrogens is 245 g/mol. The number of benzene rings is 1.